The molecule has 1 atom stereocenters. The van der Waals surface area contributed by atoms with E-state index in [0.717, 1.165) is 6.42 Å². The minimum absolute atomic E-state index is 0.0394. The van der Waals surface area contributed by atoms with E-state index in [1.165, 1.54) is 18.2 Å². The summed E-state index contributed by atoms with van der Waals surface area (Å²) in [5.41, 5.74) is -0.0516. The summed E-state index contributed by atoms with van der Waals surface area (Å²) < 4.78 is 10.5. The van der Waals surface area contributed by atoms with Crippen LogP contribution < -0.4 is 0 Å². The number of nitrogens with zero attached hydrogens (tertiary/aromatic N) is 1. The maximum absolute atomic E-state index is 11.9. The number of aliphatic hydroxyl groups is 1. The maximum Gasteiger partial charge on any atom is 0.275 e. The molecule has 7 heteroatoms. The summed E-state index contributed by atoms with van der Waals surface area (Å²) in [6, 6.07) is 5.85. The molecular formula is C14H17NO6. The van der Waals surface area contributed by atoms with Gasteiger partial charge in [0.15, 0.2) is 6.29 Å². The molecule has 1 aliphatic heterocycles. The van der Waals surface area contributed by atoms with Crippen molar-refractivity contribution in [1.82, 2.24) is 0 Å². The summed E-state index contributed by atoms with van der Waals surface area (Å²) in [5.74, 6) is -0.257. The lowest BCUT2D eigenvalue weighted by atomic mass is 10.0. The maximum atomic E-state index is 11.9. The number of Topliss-reactive ketones (excluding diaryl/α,β-unsaturated/α-hetero) is 1. The Morgan fingerprint density at radius 1 is 1.38 bits per heavy atom. The van der Waals surface area contributed by atoms with Gasteiger partial charge >= 0.3 is 0 Å². The highest BCUT2D eigenvalue weighted by Gasteiger charge is 2.24. The van der Waals surface area contributed by atoms with Gasteiger partial charge in [0, 0.05) is 12.5 Å². The third-order valence-electron chi connectivity index (χ3n) is 3.20. The number of ketones is 1. The molecular weight excluding hydrogens is 278 g/mol. The molecule has 114 valence electrons. The number of nitro groups is 1. The van der Waals surface area contributed by atoms with Crippen LogP contribution in [0.1, 0.15) is 30.9 Å². The lowest BCUT2D eigenvalue weighted by molar-refractivity contribution is -0.386. The van der Waals surface area contributed by atoms with Crippen LogP contribution in [0.25, 0.3) is 0 Å². The van der Waals surface area contributed by atoms with E-state index in [2.05, 4.69) is 0 Å². The van der Waals surface area contributed by atoms with Gasteiger partial charge in [-0.1, -0.05) is 12.1 Å². The normalized spacial score (nSPS) is 17.4. The second-order valence-electron chi connectivity index (χ2n) is 4.80. The lowest BCUT2D eigenvalue weighted by Crippen LogP contribution is -2.27. The van der Waals surface area contributed by atoms with E-state index in [1.807, 2.05) is 0 Å². The molecule has 0 bridgehead atoms. The van der Waals surface area contributed by atoms with Gasteiger partial charge in [0.05, 0.1) is 36.2 Å². The van der Waals surface area contributed by atoms with Crippen LogP contribution in [0.5, 0.6) is 0 Å². The Hall–Kier alpha value is -1.83. The van der Waals surface area contributed by atoms with E-state index in [0.29, 0.717) is 13.2 Å². The first-order valence-electron chi connectivity index (χ1n) is 6.74. The first kappa shape index (κ1) is 15.6. The third kappa shape index (κ3) is 4.32. The summed E-state index contributed by atoms with van der Waals surface area (Å²) in [6.45, 7) is 1.09. The predicted octanol–water partition coefficient (Wildman–Crippen LogP) is 1.74. The van der Waals surface area contributed by atoms with Crippen molar-refractivity contribution in [3.63, 3.8) is 0 Å². The van der Waals surface area contributed by atoms with E-state index < -0.39 is 17.3 Å². The second-order valence-corrected chi connectivity index (χ2v) is 4.80. The van der Waals surface area contributed by atoms with Crippen LogP contribution in [0.15, 0.2) is 24.3 Å². The molecule has 0 aromatic heterocycles. The molecule has 0 unspecified atom stereocenters. The van der Waals surface area contributed by atoms with Gasteiger partial charge in [-0.3, -0.25) is 14.9 Å². The van der Waals surface area contributed by atoms with Gasteiger partial charge in [0.2, 0.25) is 0 Å². The molecule has 1 aliphatic rings. The predicted molar refractivity (Wildman–Crippen MR) is 72.6 cm³/mol. The average Bonchev–Trinajstić information content (AvgIpc) is 2.48. The Labute approximate surface area is 121 Å². The van der Waals surface area contributed by atoms with Gasteiger partial charge in [0.1, 0.15) is 5.78 Å². The van der Waals surface area contributed by atoms with Crippen molar-refractivity contribution in [1.29, 1.82) is 0 Å². The van der Waals surface area contributed by atoms with Gasteiger partial charge < -0.3 is 14.6 Å². The van der Waals surface area contributed by atoms with Crippen molar-refractivity contribution >= 4 is 11.5 Å². The van der Waals surface area contributed by atoms with Gasteiger partial charge in [-0.2, -0.15) is 0 Å². The summed E-state index contributed by atoms with van der Waals surface area (Å²) in [4.78, 5) is 22.2. The van der Waals surface area contributed by atoms with E-state index in [-0.39, 0.29) is 29.9 Å². The van der Waals surface area contributed by atoms with Crippen LogP contribution in [-0.2, 0) is 14.3 Å². The number of benzene rings is 1. The van der Waals surface area contributed by atoms with E-state index in [1.54, 1.807) is 6.07 Å². The highest BCUT2D eigenvalue weighted by molar-refractivity contribution is 5.79. The first-order valence-corrected chi connectivity index (χ1v) is 6.74. The smallest absolute Gasteiger partial charge is 0.275 e. The first-order chi connectivity index (χ1) is 10.1. The Morgan fingerprint density at radius 3 is 2.71 bits per heavy atom. The number of ether oxygens (including phenoxy) is 2. The zero-order chi connectivity index (χ0) is 15.2. The quantitative estimate of drug-likeness (QED) is 0.634. The molecule has 7 nitrogen and oxygen atoms in total. The number of carbonyl (C=O) groups excluding carboxylic acids is 1. The Kier molecular flexibility index (Phi) is 5.38. The van der Waals surface area contributed by atoms with Crippen molar-refractivity contribution in [2.75, 3.05) is 13.2 Å². The minimum atomic E-state index is -1.21. The molecule has 1 saturated heterocycles. The number of para-hydroxylation sites is 1. The van der Waals surface area contributed by atoms with Crippen molar-refractivity contribution in [3.8, 4) is 0 Å². The molecule has 0 saturated carbocycles. The fourth-order valence-electron chi connectivity index (χ4n) is 2.18. The fourth-order valence-corrected chi connectivity index (χ4v) is 2.18. The molecule has 0 amide bonds. The number of aliphatic hydroxyl groups excluding tert-OH is 1. The molecule has 0 aliphatic carbocycles. The molecule has 0 spiro atoms. The summed E-state index contributed by atoms with van der Waals surface area (Å²) in [5, 5.41) is 20.9. The second kappa shape index (κ2) is 7.26. The van der Waals surface area contributed by atoms with Crippen LogP contribution in [0.3, 0.4) is 0 Å². The van der Waals surface area contributed by atoms with Crippen molar-refractivity contribution in [2.24, 2.45) is 0 Å². The third-order valence-corrected chi connectivity index (χ3v) is 3.20. The van der Waals surface area contributed by atoms with Crippen molar-refractivity contribution in [3.05, 3.63) is 39.9 Å². The van der Waals surface area contributed by atoms with Gasteiger partial charge in [-0.05, 0) is 12.5 Å². The Balaban J connectivity index is 1.95. The van der Waals surface area contributed by atoms with Gasteiger partial charge in [0.25, 0.3) is 5.69 Å². The molecule has 1 heterocycles. The average molecular weight is 295 g/mol. The summed E-state index contributed by atoms with van der Waals surface area (Å²) >= 11 is 0. The number of hydrogen-bond acceptors (Lipinski definition) is 6. The molecule has 1 aromatic rings. The van der Waals surface area contributed by atoms with Crippen LogP contribution in [-0.4, -0.2) is 35.3 Å². The fraction of sp³-hybridized carbons (Fsp3) is 0.500. The molecule has 21 heavy (non-hydrogen) atoms. The summed E-state index contributed by atoms with van der Waals surface area (Å²) in [7, 11) is 0. The number of carbonyl (C=O) groups is 1. The zero-order valence-corrected chi connectivity index (χ0v) is 11.4. The molecule has 0 radical (unpaired) electrons. The molecule has 2 rings (SSSR count). The number of rotatable bonds is 6. The van der Waals surface area contributed by atoms with Crippen molar-refractivity contribution in [2.45, 2.75) is 31.7 Å². The Morgan fingerprint density at radius 2 is 2.05 bits per heavy atom. The monoisotopic (exact) mass is 295 g/mol. The molecule has 1 aromatic carbocycles. The van der Waals surface area contributed by atoms with E-state index in [4.69, 9.17) is 9.47 Å². The highest BCUT2D eigenvalue weighted by Crippen LogP contribution is 2.27. The Bertz CT molecular complexity index is 512. The van der Waals surface area contributed by atoms with Crippen LogP contribution >= 0.6 is 0 Å². The minimum Gasteiger partial charge on any atom is -0.388 e. The lowest BCUT2D eigenvalue weighted by Gasteiger charge is -2.22. The topological polar surface area (TPSA) is 98.9 Å². The van der Waals surface area contributed by atoms with E-state index >= 15 is 0 Å². The molecule has 1 fully saturated rings. The largest absolute Gasteiger partial charge is 0.388 e. The van der Waals surface area contributed by atoms with Crippen molar-refractivity contribution < 1.29 is 24.3 Å². The highest BCUT2D eigenvalue weighted by atomic mass is 16.7. The van der Waals surface area contributed by atoms with Crippen LogP contribution in [0.4, 0.5) is 5.69 Å². The van der Waals surface area contributed by atoms with Crippen LogP contribution in [0.2, 0.25) is 0 Å². The SMILES string of the molecule is O=C(CC1OCCCO1)C[C@H](O)c1ccccc1[N+](=O)[O-]. The standard InChI is InChI=1S/C14H17NO6/c16-10(9-14-20-6-3-7-21-14)8-13(17)11-4-1-2-5-12(11)15(18)19/h1-2,4-5,13-14,17H,3,6-9H2/t13-/m0/s1. The van der Waals surface area contributed by atoms with E-state index in [9.17, 15) is 20.0 Å². The molecule has 1 N–H and O–H groups in total. The van der Waals surface area contributed by atoms with Gasteiger partial charge in [-0.15, -0.1) is 0 Å². The number of hydrogen-bond donors (Lipinski definition) is 1. The van der Waals surface area contributed by atoms with Gasteiger partial charge in [-0.25, -0.2) is 0 Å². The number of nitro benzene ring substituents is 1. The zero-order valence-electron chi connectivity index (χ0n) is 11.4. The van der Waals surface area contributed by atoms with Crippen LogP contribution in [0, 0.1) is 10.1 Å². The summed E-state index contributed by atoms with van der Waals surface area (Å²) in [6.07, 6.45) is -1.15.